The summed E-state index contributed by atoms with van der Waals surface area (Å²) in [5.41, 5.74) is 1.12. The summed E-state index contributed by atoms with van der Waals surface area (Å²) in [5.74, 6) is 1.59. The molecule has 0 aromatic carbocycles. The van der Waals surface area contributed by atoms with E-state index in [2.05, 4.69) is 17.1 Å². The minimum atomic E-state index is 0.205. The van der Waals surface area contributed by atoms with Gasteiger partial charge in [-0.25, -0.2) is 0 Å². The first kappa shape index (κ1) is 15.2. The summed E-state index contributed by atoms with van der Waals surface area (Å²) in [5, 5.41) is 0. The van der Waals surface area contributed by atoms with E-state index >= 15 is 0 Å². The molecule has 1 atom stereocenters. The van der Waals surface area contributed by atoms with E-state index in [1.54, 1.807) is 6.20 Å². The lowest BCUT2D eigenvalue weighted by atomic mass is 9.91. The Morgan fingerprint density at radius 1 is 1.39 bits per heavy atom. The van der Waals surface area contributed by atoms with Gasteiger partial charge in [-0.05, 0) is 30.9 Å². The van der Waals surface area contributed by atoms with E-state index in [-0.39, 0.29) is 10.7 Å². The van der Waals surface area contributed by atoms with Crippen LogP contribution in [0.4, 0.5) is 0 Å². The minimum Gasteiger partial charge on any atom is -0.373 e. The van der Waals surface area contributed by atoms with Crippen LogP contribution in [0, 0.1) is 5.92 Å². The molecule has 5 heteroatoms. The first-order valence-corrected chi connectivity index (χ1v) is 9.31. The fraction of sp³-hybridized carbons (Fsp3) is 0.556. The molecule has 1 aromatic rings. The molecule has 0 radical (unpaired) electrons. The highest BCUT2D eigenvalue weighted by atomic mass is 32.2. The van der Waals surface area contributed by atoms with Gasteiger partial charge in [0, 0.05) is 37.2 Å². The summed E-state index contributed by atoms with van der Waals surface area (Å²) in [7, 11) is 0. The van der Waals surface area contributed by atoms with Crippen LogP contribution in [-0.4, -0.2) is 45.5 Å². The number of thioether (sulfide) groups is 1. The largest absolute Gasteiger partial charge is 0.373 e. The molecule has 0 saturated carbocycles. The highest BCUT2D eigenvalue weighted by Gasteiger charge is 2.51. The maximum atomic E-state index is 12.4. The number of pyridine rings is 1. The Morgan fingerprint density at radius 3 is 2.96 bits per heavy atom. The standard InChI is InChI=1S/C18H22N2O2S/c21-17(15-5-1-2-6-15)20-12-18(13-20)8-16(11-23-18)22-10-14-4-3-7-19-9-14/h1-4,7,9,15-16H,5-6,8,10-13H2/t16-/m0/s1. The Balaban J connectivity index is 1.24. The molecule has 2 fully saturated rings. The average Bonchev–Trinajstić information content (AvgIpc) is 3.22. The van der Waals surface area contributed by atoms with E-state index in [0.717, 1.165) is 43.7 Å². The van der Waals surface area contributed by atoms with Crippen molar-refractivity contribution >= 4 is 17.7 Å². The van der Waals surface area contributed by atoms with Crippen LogP contribution in [0.25, 0.3) is 0 Å². The second-order valence-corrected chi connectivity index (χ2v) is 8.31. The number of likely N-dealkylation sites (tertiary alicyclic amines) is 1. The van der Waals surface area contributed by atoms with Crippen molar-refractivity contribution in [3.05, 3.63) is 42.2 Å². The van der Waals surface area contributed by atoms with Gasteiger partial charge in [0.15, 0.2) is 0 Å². The molecule has 2 saturated heterocycles. The Hall–Kier alpha value is -1.33. The second kappa shape index (κ2) is 6.29. The van der Waals surface area contributed by atoms with Gasteiger partial charge in [-0.2, -0.15) is 0 Å². The number of rotatable bonds is 4. The van der Waals surface area contributed by atoms with Crippen LogP contribution in [-0.2, 0) is 16.1 Å². The summed E-state index contributed by atoms with van der Waals surface area (Å²) < 4.78 is 6.29. The Bertz CT molecular complexity index is 590. The highest BCUT2D eigenvalue weighted by molar-refractivity contribution is 8.01. The van der Waals surface area contributed by atoms with Crippen LogP contribution in [0.3, 0.4) is 0 Å². The van der Waals surface area contributed by atoms with Gasteiger partial charge in [0.05, 0.1) is 17.5 Å². The predicted octanol–water partition coefficient (Wildman–Crippen LogP) is 2.65. The van der Waals surface area contributed by atoms with E-state index in [9.17, 15) is 4.79 Å². The van der Waals surface area contributed by atoms with E-state index in [0.29, 0.717) is 18.6 Å². The fourth-order valence-electron chi connectivity index (χ4n) is 3.71. The number of allylic oxidation sites excluding steroid dienone is 2. The van der Waals surface area contributed by atoms with E-state index in [1.165, 1.54) is 0 Å². The third-order valence-electron chi connectivity index (χ3n) is 5.01. The number of nitrogens with zero attached hydrogens (tertiary/aromatic N) is 2. The number of carbonyl (C=O) groups excluding carboxylic acids is 1. The van der Waals surface area contributed by atoms with E-state index < -0.39 is 0 Å². The molecule has 4 rings (SSSR count). The summed E-state index contributed by atoms with van der Waals surface area (Å²) in [6.07, 6.45) is 11.1. The minimum absolute atomic E-state index is 0.205. The molecule has 1 aromatic heterocycles. The van der Waals surface area contributed by atoms with Gasteiger partial charge in [-0.3, -0.25) is 9.78 Å². The molecule has 0 N–H and O–H groups in total. The molecule has 1 amide bonds. The first-order valence-electron chi connectivity index (χ1n) is 8.32. The smallest absolute Gasteiger partial charge is 0.226 e. The van der Waals surface area contributed by atoms with Gasteiger partial charge in [0.2, 0.25) is 5.91 Å². The van der Waals surface area contributed by atoms with Crippen molar-refractivity contribution in [1.82, 2.24) is 9.88 Å². The van der Waals surface area contributed by atoms with Crippen molar-refractivity contribution in [3.63, 3.8) is 0 Å². The number of ether oxygens (including phenoxy) is 1. The lowest BCUT2D eigenvalue weighted by Crippen LogP contribution is -2.61. The molecule has 4 nitrogen and oxygen atoms in total. The van der Waals surface area contributed by atoms with Crippen molar-refractivity contribution in [1.29, 1.82) is 0 Å². The van der Waals surface area contributed by atoms with Gasteiger partial charge in [0.1, 0.15) is 0 Å². The monoisotopic (exact) mass is 330 g/mol. The third kappa shape index (κ3) is 3.17. The average molecular weight is 330 g/mol. The summed E-state index contributed by atoms with van der Waals surface area (Å²) in [4.78, 5) is 18.6. The molecule has 2 aliphatic heterocycles. The molecule has 23 heavy (non-hydrogen) atoms. The zero-order chi connectivity index (χ0) is 15.7. The van der Waals surface area contributed by atoms with Crippen LogP contribution >= 0.6 is 11.8 Å². The number of amides is 1. The highest BCUT2D eigenvalue weighted by Crippen LogP contribution is 2.46. The van der Waals surface area contributed by atoms with Gasteiger partial charge in [-0.1, -0.05) is 18.2 Å². The summed E-state index contributed by atoms with van der Waals surface area (Å²) in [6, 6.07) is 3.99. The molecule has 3 aliphatic rings. The Morgan fingerprint density at radius 2 is 2.22 bits per heavy atom. The van der Waals surface area contributed by atoms with Crippen LogP contribution in [0.2, 0.25) is 0 Å². The lowest BCUT2D eigenvalue weighted by Gasteiger charge is -2.48. The molecule has 1 spiro atoms. The summed E-state index contributed by atoms with van der Waals surface area (Å²) >= 11 is 1.99. The predicted molar refractivity (Wildman–Crippen MR) is 91.1 cm³/mol. The zero-order valence-electron chi connectivity index (χ0n) is 13.2. The van der Waals surface area contributed by atoms with Gasteiger partial charge in [0.25, 0.3) is 0 Å². The Kier molecular flexibility index (Phi) is 4.16. The maximum Gasteiger partial charge on any atom is 0.226 e. The molecular weight excluding hydrogens is 308 g/mol. The van der Waals surface area contributed by atoms with Gasteiger partial charge < -0.3 is 9.64 Å². The SMILES string of the molecule is O=C(C1CC=CC1)N1CC2(C[C@H](OCc3cccnc3)CS2)C1. The van der Waals surface area contributed by atoms with E-state index in [4.69, 9.17) is 4.74 Å². The van der Waals surface area contributed by atoms with Crippen molar-refractivity contribution in [2.24, 2.45) is 5.92 Å². The normalized spacial score (nSPS) is 25.9. The fourth-order valence-corrected chi connectivity index (χ4v) is 5.26. The molecule has 3 heterocycles. The Labute approximate surface area is 141 Å². The zero-order valence-corrected chi connectivity index (χ0v) is 14.0. The topological polar surface area (TPSA) is 42.4 Å². The number of carbonyl (C=O) groups is 1. The summed E-state index contributed by atoms with van der Waals surface area (Å²) in [6.45, 7) is 2.44. The van der Waals surface area contributed by atoms with Crippen molar-refractivity contribution in [2.75, 3.05) is 18.8 Å². The molecule has 122 valence electrons. The maximum absolute atomic E-state index is 12.4. The first-order chi connectivity index (χ1) is 11.2. The molecule has 0 unspecified atom stereocenters. The van der Waals surface area contributed by atoms with Crippen LogP contribution < -0.4 is 0 Å². The number of hydrogen-bond donors (Lipinski definition) is 0. The molecular formula is C18H22N2O2S. The molecule has 0 bridgehead atoms. The number of hydrogen-bond acceptors (Lipinski definition) is 4. The lowest BCUT2D eigenvalue weighted by molar-refractivity contribution is -0.140. The van der Waals surface area contributed by atoms with Crippen molar-refractivity contribution in [2.45, 2.75) is 36.7 Å². The van der Waals surface area contributed by atoms with Crippen molar-refractivity contribution < 1.29 is 9.53 Å². The van der Waals surface area contributed by atoms with Gasteiger partial charge >= 0.3 is 0 Å². The number of aromatic nitrogens is 1. The van der Waals surface area contributed by atoms with Crippen molar-refractivity contribution in [3.8, 4) is 0 Å². The van der Waals surface area contributed by atoms with Crippen LogP contribution in [0.5, 0.6) is 0 Å². The second-order valence-electron chi connectivity index (χ2n) is 6.83. The van der Waals surface area contributed by atoms with Gasteiger partial charge in [-0.15, -0.1) is 11.8 Å². The quantitative estimate of drug-likeness (QED) is 0.796. The molecule has 1 aliphatic carbocycles. The van der Waals surface area contributed by atoms with Crippen LogP contribution in [0.15, 0.2) is 36.7 Å². The third-order valence-corrected chi connectivity index (χ3v) is 6.59. The van der Waals surface area contributed by atoms with E-state index in [1.807, 2.05) is 35.0 Å². The van der Waals surface area contributed by atoms with Crippen LogP contribution in [0.1, 0.15) is 24.8 Å².